The molecule has 1 aromatic heterocycles. The Morgan fingerprint density at radius 1 is 1.31 bits per heavy atom. The molecule has 1 heterocycles. The zero-order chi connectivity index (χ0) is 11.5. The Morgan fingerprint density at radius 2 is 2.12 bits per heavy atom. The van der Waals surface area contributed by atoms with Crippen molar-refractivity contribution in [2.45, 2.75) is 18.2 Å². The first-order valence-electron chi connectivity index (χ1n) is 5.10. The van der Waals surface area contributed by atoms with Crippen molar-refractivity contribution in [2.24, 2.45) is 0 Å². The van der Waals surface area contributed by atoms with Gasteiger partial charge in [-0.05, 0) is 43.2 Å². The van der Waals surface area contributed by atoms with Crippen molar-refractivity contribution >= 4 is 15.9 Å². The average Bonchev–Trinajstić information content (AvgIpc) is 2.65. The summed E-state index contributed by atoms with van der Waals surface area (Å²) in [6, 6.07) is 10.5. The second-order valence-electron chi connectivity index (χ2n) is 3.75. The summed E-state index contributed by atoms with van der Waals surface area (Å²) in [5.41, 5.74) is 0.955. The van der Waals surface area contributed by atoms with E-state index in [1.165, 1.54) is 6.07 Å². The number of benzene rings is 1. The Labute approximate surface area is 102 Å². The second-order valence-corrected chi connectivity index (χ2v) is 4.86. The van der Waals surface area contributed by atoms with E-state index in [1.807, 2.05) is 25.1 Å². The number of hydrogen-bond acceptors (Lipinski definition) is 1. The Balaban J connectivity index is 2.10. The van der Waals surface area contributed by atoms with Crippen LogP contribution in [0.5, 0.6) is 0 Å². The van der Waals surface area contributed by atoms with Crippen molar-refractivity contribution in [3.63, 3.8) is 0 Å². The molecule has 0 saturated carbocycles. The number of hydrogen-bond donors (Lipinski definition) is 0. The number of rotatable bonds is 3. The van der Waals surface area contributed by atoms with Crippen LogP contribution in [0, 0.1) is 12.7 Å². The SMILES string of the molecule is Cc1ccc(C(Br)Cc2cccc(F)c2)o1. The maximum Gasteiger partial charge on any atom is 0.123 e. The summed E-state index contributed by atoms with van der Waals surface area (Å²) >= 11 is 3.54. The highest BCUT2D eigenvalue weighted by Gasteiger charge is 2.12. The molecule has 0 aliphatic rings. The largest absolute Gasteiger partial charge is 0.465 e. The second kappa shape index (κ2) is 4.83. The number of aryl methyl sites for hydroxylation is 1. The predicted octanol–water partition coefficient (Wildman–Crippen LogP) is 4.41. The van der Waals surface area contributed by atoms with E-state index in [9.17, 15) is 4.39 Å². The fraction of sp³-hybridized carbons (Fsp3) is 0.231. The third kappa shape index (κ3) is 2.73. The maximum absolute atomic E-state index is 13.0. The molecule has 1 nitrogen and oxygen atoms in total. The standard InChI is InChI=1S/C13H12BrFO/c1-9-5-6-13(16-9)12(14)8-10-3-2-4-11(15)7-10/h2-7,12H,8H2,1H3. The first-order valence-corrected chi connectivity index (χ1v) is 6.01. The molecular formula is C13H12BrFO. The van der Waals surface area contributed by atoms with Gasteiger partial charge >= 0.3 is 0 Å². The number of halogens is 2. The molecule has 1 aromatic carbocycles. The van der Waals surface area contributed by atoms with Crippen LogP contribution >= 0.6 is 15.9 Å². The first kappa shape index (κ1) is 11.4. The van der Waals surface area contributed by atoms with Gasteiger partial charge < -0.3 is 4.42 Å². The van der Waals surface area contributed by atoms with Crippen LogP contribution in [0.1, 0.15) is 21.9 Å². The van der Waals surface area contributed by atoms with Crippen LogP contribution in [-0.4, -0.2) is 0 Å². The van der Waals surface area contributed by atoms with Gasteiger partial charge in [-0.25, -0.2) is 4.39 Å². The Morgan fingerprint density at radius 3 is 2.75 bits per heavy atom. The molecular weight excluding hydrogens is 271 g/mol. The summed E-state index contributed by atoms with van der Waals surface area (Å²) in [6.07, 6.45) is 0.713. The molecule has 1 atom stereocenters. The molecule has 1 unspecified atom stereocenters. The topological polar surface area (TPSA) is 13.1 Å². The minimum absolute atomic E-state index is 0.0861. The van der Waals surface area contributed by atoms with Gasteiger partial charge in [-0.1, -0.05) is 28.1 Å². The Bertz CT molecular complexity index is 478. The van der Waals surface area contributed by atoms with Crippen LogP contribution in [0.4, 0.5) is 4.39 Å². The lowest BCUT2D eigenvalue weighted by atomic mass is 10.1. The minimum Gasteiger partial charge on any atom is -0.465 e. The van der Waals surface area contributed by atoms with Gasteiger partial charge in [0.05, 0.1) is 4.83 Å². The van der Waals surface area contributed by atoms with Crippen molar-refractivity contribution in [1.29, 1.82) is 0 Å². The van der Waals surface area contributed by atoms with Crippen molar-refractivity contribution in [1.82, 2.24) is 0 Å². The molecule has 0 spiro atoms. The summed E-state index contributed by atoms with van der Waals surface area (Å²) in [5.74, 6) is 1.56. The summed E-state index contributed by atoms with van der Waals surface area (Å²) in [7, 11) is 0. The highest BCUT2D eigenvalue weighted by atomic mass is 79.9. The van der Waals surface area contributed by atoms with Gasteiger partial charge in [-0.2, -0.15) is 0 Å². The monoisotopic (exact) mass is 282 g/mol. The molecule has 0 aliphatic carbocycles. The summed E-state index contributed by atoms with van der Waals surface area (Å²) in [6.45, 7) is 1.91. The van der Waals surface area contributed by atoms with Crippen LogP contribution in [0.2, 0.25) is 0 Å². The number of alkyl halides is 1. The highest BCUT2D eigenvalue weighted by molar-refractivity contribution is 9.09. The van der Waals surface area contributed by atoms with Crippen molar-refractivity contribution in [3.05, 3.63) is 59.3 Å². The molecule has 16 heavy (non-hydrogen) atoms. The Hall–Kier alpha value is -1.09. The van der Waals surface area contributed by atoms with Gasteiger partial charge in [0.1, 0.15) is 17.3 Å². The quantitative estimate of drug-likeness (QED) is 0.761. The highest BCUT2D eigenvalue weighted by Crippen LogP contribution is 2.28. The van der Waals surface area contributed by atoms with Crippen LogP contribution in [0.15, 0.2) is 40.8 Å². The van der Waals surface area contributed by atoms with E-state index < -0.39 is 0 Å². The molecule has 0 fully saturated rings. The molecule has 2 aromatic rings. The molecule has 2 rings (SSSR count). The van der Waals surface area contributed by atoms with E-state index in [0.29, 0.717) is 6.42 Å². The third-order valence-electron chi connectivity index (χ3n) is 2.37. The maximum atomic E-state index is 13.0. The van der Waals surface area contributed by atoms with Gasteiger partial charge in [0.2, 0.25) is 0 Å². The van der Waals surface area contributed by atoms with Crippen molar-refractivity contribution < 1.29 is 8.81 Å². The van der Waals surface area contributed by atoms with E-state index in [1.54, 1.807) is 12.1 Å². The van der Waals surface area contributed by atoms with Gasteiger partial charge in [0, 0.05) is 0 Å². The lowest BCUT2D eigenvalue weighted by Crippen LogP contribution is -1.94. The smallest absolute Gasteiger partial charge is 0.123 e. The molecule has 84 valence electrons. The zero-order valence-electron chi connectivity index (χ0n) is 8.91. The summed E-state index contributed by atoms with van der Waals surface area (Å²) in [4.78, 5) is 0.0861. The van der Waals surface area contributed by atoms with Gasteiger partial charge in [0.25, 0.3) is 0 Å². The first-order chi connectivity index (χ1) is 7.65. The summed E-state index contributed by atoms with van der Waals surface area (Å²) < 4.78 is 18.5. The van der Waals surface area contributed by atoms with E-state index in [4.69, 9.17) is 4.42 Å². The fourth-order valence-electron chi connectivity index (χ4n) is 1.59. The van der Waals surface area contributed by atoms with Crippen LogP contribution in [-0.2, 0) is 6.42 Å². The minimum atomic E-state index is -0.201. The predicted molar refractivity (Wildman–Crippen MR) is 65.2 cm³/mol. The van der Waals surface area contributed by atoms with Crippen LogP contribution < -0.4 is 0 Å². The lowest BCUT2D eigenvalue weighted by Gasteiger charge is -2.06. The lowest BCUT2D eigenvalue weighted by molar-refractivity contribution is 0.481. The van der Waals surface area contributed by atoms with Gasteiger partial charge in [-0.3, -0.25) is 0 Å². The van der Waals surface area contributed by atoms with Crippen LogP contribution in [0.25, 0.3) is 0 Å². The van der Waals surface area contributed by atoms with Crippen molar-refractivity contribution in [2.75, 3.05) is 0 Å². The molecule has 0 amide bonds. The third-order valence-corrected chi connectivity index (χ3v) is 3.15. The molecule has 0 saturated heterocycles. The van der Waals surface area contributed by atoms with E-state index in [0.717, 1.165) is 17.1 Å². The average molecular weight is 283 g/mol. The van der Waals surface area contributed by atoms with E-state index >= 15 is 0 Å². The van der Waals surface area contributed by atoms with Gasteiger partial charge in [-0.15, -0.1) is 0 Å². The molecule has 3 heteroatoms. The van der Waals surface area contributed by atoms with Crippen molar-refractivity contribution in [3.8, 4) is 0 Å². The molecule has 0 bridgehead atoms. The molecule has 0 aliphatic heterocycles. The Kier molecular flexibility index (Phi) is 3.44. The summed E-state index contributed by atoms with van der Waals surface area (Å²) in [5, 5.41) is 0. The zero-order valence-corrected chi connectivity index (χ0v) is 10.5. The normalized spacial score (nSPS) is 12.7. The van der Waals surface area contributed by atoms with Crippen LogP contribution in [0.3, 0.4) is 0 Å². The van der Waals surface area contributed by atoms with Gasteiger partial charge in [0.15, 0.2) is 0 Å². The van der Waals surface area contributed by atoms with E-state index in [-0.39, 0.29) is 10.6 Å². The van der Waals surface area contributed by atoms with E-state index in [2.05, 4.69) is 15.9 Å². The fourth-order valence-corrected chi connectivity index (χ4v) is 2.21. The molecule has 0 N–H and O–H groups in total. The number of furan rings is 1. The molecule has 0 radical (unpaired) electrons.